The van der Waals surface area contributed by atoms with Gasteiger partial charge in [-0.15, -0.1) is 0 Å². The molecular formula is C28H28BClN3O. The van der Waals surface area contributed by atoms with Crippen molar-refractivity contribution >= 4 is 35.3 Å². The molecular weight excluding hydrogens is 441 g/mol. The molecule has 0 unspecified atom stereocenters. The lowest BCUT2D eigenvalue weighted by Gasteiger charge is -2.37. The maximum atomic E-state index is 14.0. The second-order valence-corrected chi connectivity index (χ2v) is 9.50. The van der Waals surface area contributed by atoms with Gasteiger partial charge in [0.25, 0.3) is 0 Å². The average molecular weight is 469 g/mol. The zero-order chi connectivity index (χ0) is 23.5. The summed E-state index contributed by atoms with van der Waals surface area (Å²) in [7, 11) is 3.97. The third kappa shape index (κ3) is 4.68. The van der Waals surface area contributed by atoms with E-state index in [4.69, 9.17) is 11.6 Å². The molecule has 1 amide bonds. The van der Waals surface area contributed by atoms with Gasteiger partial charge in [-0.1, -0.05) is 59.5 Å². The number of carbonyl (C=O) groups is 1. The molecule has 171 valence electrons. The van der Waals surface area contributed by atoms with Crippen molar-refractivity contribution in [3.63, 3.8) is 0 Å². The van der Waals surface area contributed by atoms with Crippen LogP contribution in [-0.2, 0) is 11.3 Å². The predicted molar refractivity (Wildman–Crippen MR) is 140 cm³/mol. The van der Waals surface area contributed by atoms with Crippen LogP contribution in [0.25, 0.3) is 16.2 Å². The molecule has 0 atom stereocenters. The zero-order valence-corrected chi connectivity index (χ0v) is 20.1. The lowest BCUT2D eigenvalue weighted by molar-refractivity contribution is -0.130. The molecule has 1 fully saturated rings. The molecule has 1 saturated carbocycles. The molecule has 3 aromatic rings. The SMILES string of the molecule is CNC1CCC(N(Cc2cccc(-c3ccncc3)c2)C(=O)C2=C(Cl)c3ccccc3[B]2)CC1. The van der Waals surface area contributed by atoms with Crippen molar-refractivity contribution in [3.05, 3.63) is 89.7 Å². The highest BCUT2D eigenvalue weighted by atomic mass is 35.5. The largest absolute Gasteiger partial charge is 0.332 e. The molecule has 2 heterocycles. The summed E-state index contributed by atoms with van der Waals surface area (Å²) < 4.78 is 0. The van der Waals surface area contributed by atoms with Crippen molar-refractivity contribution in [2.75, 3.05) is 7.05 Å². The number of rotatable bonds is 6. The molecule has 2 aromatic carbocycles. The molecule has 1 aliphatic carbocycles. The maximum Gasteiger partial charge on any atom is 0.242 e. The van der Waals surface area contributed by atoms with Crippen LogP contribution >= 0.6 is 11.6 Å². The van der Waals surface area contributed by atoms with Crippen molar-refractivity contribution < 1.29 is 4.79 Å². The Morgan fingerprint density at radius 3 is 2.53 bits per heavy atom. The fourth-order valence-corrected chi connectivity index (χ4v) is 5.44. The molecule has 0 saturated heterocycles. The number of benzene rings is 2. The minimum absolute atomic E-state index is 0.0171. The molecule has 1 radical (unpaired) electrons. The van der Waals surface area contributed by atoms with E-state index in [2.05, 4.69) is 39.5 Å². The van der Waals surface area contributed by atoms with Gasteiger partial charge in [-0.05, 0) is 73.2 Å². The normalized spacial score (nSPS) is 19.5. The number of pyridine rings is 1. The number of hydrogen-bond donors (Lipinski definition) is 1. The van der Waals surface area contributed by atoms with E-state index < -0.39 is 0 Å². The highest BCUT2D eigenvalue weighted by Gasteiger charge is 2.34. The predicted octanol–water partition coefficient (Wildman–Crippen LogP) is 4.56. The summed E-state index contributed by atoms with van der Waals surface area (Å²) in [5, 5.41) is 3.95. The molecule has 0 spiro atoms. The minimum atomic E-state index is 0.0171. The average Bonchev–Trinajstić information content (AvgIpc) is 3.24. The molecule has 1 N–H and O–H groups in total. The highest BCUT2D eigenvalue weighted by molar-refractivity contribution is 6.77. The third-order valence-electron chi connectivity index (χ3n) is 7.06. The Morgan fingerprint density at radius 1 is 1.03 bits per heavy atom. The van der Waals surface area contributed by atoms with Crippen LogP contribution in [0, 0.1) is 0 Å². The van der Waals surface area contributed by atoms with E-state index >= 15 is 0 Å². The summed E-state index contributed by atoms with van der Waals surface area (Å²) in [6.45, 7) is 0.560. The van der Waals surface area contributed by atoms with Crippen LogP contribution in [0.1, 0.15) is 36.8 Å². The monoisotopic (exact) mass is 468 g/mol. The molecule has 34 heavy (non-hydrogen) atoms. The molecule has 6 heteroatoms. The topological polar surface area (TPSA) is 45.2 Å². The molecule has 0 bridgehead atoms. The van der Waals surface area contributed by atoms with Gasteiger partial charge in [-0.3, -0.25) is 9.78 Å². The van der Waals surface area contributed by atoms with Crippen LogP contribution in [0.15, 0.2) is 78.5 Å². The number of nitrogens with zero attached hydrogens (tertiary/aromatic N) is 2. The smallest absolute Gasteiger partial charge is 0.242 e. The fourth-order valence-electron chi connectivity index (χ4n) is 5.13. The summed E-state index contributed by atoms with van der Waals surface area (Å²) in [5.74, 6) is 0.0171. The lowest BCUT2D eigenvalue weighted by Crippen LogP contribution is -2.45. The van der Waals surface area contributed by atoms with E-state index in [0.717, 1.165) is 53.4 Å². The van der Waals surface area contributed by atoms with Crippen LogP contribution in [0.2, 0.25) is 0 Å². The Labute approximate surface area is 207 Å². The Morgan fingerprint density at radius 2 is 1.79 bits per heavy atom. The molecule has 5 rings (SSSR count). The molecule has 1 aliphatic heterocycles. The number of nitrogens with one attached hydrogen (secondary N) is 1. The van der Waals surface area contributed by atoms with Gasteiger partial charge in [0.05, 0.1) is 0 Å². The number of aromatic nitrogens is 1. The first-order valence-corrected chi connectivity index (χ1v) is 12.3. The summed E-state index contributed by atoms with van der Waals surface area (Å²) in [5.41, 5.74) is 5.91. The summed E-state index contributed by atoms with van der Waals surface area (Å²) in [6, 6.07) is 21.1. The summed E-state index contributed by atoms with van der Waals surface area (Å²) in [6.07, 6.45) is 7.72. The molecule has 2 aliphatic rings. The van der Waals surface area contributed by atoms with Gasteiger partial charge >= 0.3 is 0 Å². The molecule has 1 aromatic heterocycles. The van der Waals surface area contributed by atoms with Gasteiger partial charge in [0.2, 0.25) is 13.2 Å². The Hall–Kier alpha value is -2.89. The Balaban J connectivity index is 1.44. The number of fused-ring (bicyclic) bond motifs is 1. The molecule has 4 nitrogen and oxygen atoms in total. The van der Waals surface area contributed by atoms with Gasteiger partial charge < -0.3 is 10.2 Å². The highest BCUT2D eigenvalue weighted by Crippen LogP contribution is 2.32. The first-order valence-electron chi connectivity index (χ1n) is 12.0. The van der Waals surface area contributed by atoms with E-state index in [9.17, 15) is 4.79 Å². The van der Waals surface area contributed by atoms with Gasteiger partial charge in [-0.25, -0.2) is 0 Å². The minimum Gasteiger partial charge on any atom is -0.332 e. The van der Waals surface area contributed by atoms with Gasteiger partial charge in [0.15, 0.2) is 0 Å². The van der Waals surface area contributed by atoms with E-state index in [0.29, 0.717) is 23.1 Å². The van der Waals surface area contributed by atoms with Crippen LogP contribution < -0.4 is 10.8 Å². The lowest BCUT2D eigenvalue weighted by atomic mass is 9.66. The Bertz CT molecular complexity index is 1210. The van der Waals surface area contributed by atoms with E-state index in [1.54, 1.807) is 12.4 Å². The van der Waals surface area contributed by atoms with Crippen molar-refractivity contribution in [1.29, 1.82) is 0 Å². The van der Waals surface area contributed by atoms with Crippen molar-refractivity contribution in [2.45, 2.75) is 44.3 Å². The van der Waals surface area contributed by atoms with Crippen LogP contribution in [0.4, 0.5) is 0 Å². The van der Waals surface area contributed by atoms with E-state index in [1.165, 1.54) is 0 Å². The number of halogens is 1. The summed E-state index contributed by atoms with van der Waals surface area (Å²) in [4.78, 5) is 20.1. The van der Waals surface area contributed by atoms with Crippen molar-refractivity contribution in [2.24, 2.45) is 0 Å². The number of hydrogen-bond acceptors (Lipinski definition) is 3. The number of carbonyl (C=O) groups excluding carboxylic acids is 1. The van der Waals surface area contributed by atoms with Gasteiger partial charge in [0.1, 0.15) is 0 Å². The quantitative estimate of drug-likeness (QED) is 0.540. The van der Waals surface area contributed by atoms with Crippen LogP contribution in [0.5, 0.6) is 0 Å². The maximum absolute atomic E-state index is 14.0. The summed E-state index contributed by atoms with van der Waals surface area (Å²) >= 11 is 6.73. The Kier molecular flexibility index (Phi) is 6.84. The fraction of sp³-hybridized carbons (Fsp3) is 0.286. The first kappa shape index (κ1) is 22.9. The number of amides is 1. The van der Waals surface area contributed by atoms with Gasteiger partial charge in [0, 0.05) is 41.5 Å². The third-order valence-corrected chi connectivity index (χ3v) is 7.47. The van der Waals surface area contributed by atoms with Crippen molar-refractivity contribution in [3.8, 4) is 11.1 Å². The van der Waals surface area contributed by atoms with Crippen molar-refractivity contribution in [1.82, 2.24) is 15.2 Å². The van der Waals surface area contributed by atoms with Gasteiger partial charge in [-0.2, -0.15) is 0 Å². The second-order valence-electron chi connectivity index (χ2n) is 9.12. The van der Waals surface area contributed by atoms with E-state index in [1.807, 2.05) is 50.7 Å². The standard InChI is InChI=1S/C28H28BClN3O/c1-31-22-9-11-23(12-10-22)33(28(34)26-27(30)24-7-2-3-8-25(24)29-26)18-19-5-4-6-21(17-19)20-13-15-32-16-14-20/h2-8,13-17,22-23,31H,9-12,18H2,1H3. The van der Waals surface area contributed by atoms with Crippen LogP contribution in [-0.4, -0.2) is 42.2 Å². The second kappa shape index (κ2) is 10.2. The zero-order valence-electron chi connectivity index (χ0n) is 19.4. The van der Waals surface area contributed by atoms with Crippen LogP contribution in [0.3, 0.4) is 0 Å². The van der Waals surface area contributed by atoms with E-state index in [-0.39, 0.29) is 11.9 Å². The first-order chi connectivity index (χ1) is 16.6.